The van der Waals surface area contributed by atoms with Gasteiger partial charge in [-0.3, -0.25) is 0 Å². The van der Waals surface area contributed by atoms with Crippen molar-refractivity contribution in [3.63, 3.8) is 0 Å². The number of carboxylic acids is 1. The van der Waals surface area contributed by atoms with Gasteiger partial charge in [-0.1, -0.05) is 18.7 Å². The lowest BCUT2D eigenvalue weighted by Gasteiger charge is -2.17. The molecule has 4 nitrogen and oxygen atoms in total. The number of rotatable bonds is 2. The van der Waals surface area contributed by atoms with Crippen molar-refractivity contribution in [2.24, 2.45) is 5.73 Å². The van der Waals surface area contributed by atoms with Crippen LogP contribution in [-0.4, -0.2) is 28.5 Å². The fourth-order valence-electron chi connectivity index (χ4n) is 1.13. The van der Waals surface area contributed by atoms with E-state index < -0.39 is 5.97 Å². The molecule has 1 heterocycles. The number of nitrogens with zero attached hydrogens (tertiary/aromatic N) is 1. The van der Waals surface area contributed by atoms with Gasteiger partial charge in [-0.15, -0.1) is 0 Å². The lowest BCUT2D eigenvalue weighted by molar-refractivity contribution is -0.134. The van der Waals surface area contributed by atoms with Gasteiger partial charge in [0.15, 0.2) is 0 Å². The zero-order chi connectivity index (χ0) is 9.30. The lowest BCUT2D eigenvalue weighted by atomic mass is 10.3. The smallest absolute Gasteiger partial charge is 0.353 e. The molecular weight excluding hydrogens is 176 g/mol. The van der Waals surface area contributed by atoms with Crippen molar-refractivity contribution in [1.29, 1.82) is 0 Å². The number of hydrogen-bond donors (Lipinski definition) is 2. The van der Waals surface area contributed by atoms with Crippen molar-refractivity contribution >= 4 is 17.7 Å². The van der Waals surface area contributed by atoms with Gasteiger partial charge in [0.1, 0.15) is 11.2 Å². The highest BCUT2D eigenvalue weighted by Crippen LogP contribution is 2.36. The van der Waals surface area contributed by atoms with E-state index >= 15 is 0 Å². The Hall–Kier alpha value is -0.680. The molecule has 1 aliphatic heterocycles. The molecule has 0 spiro atoms. The molecule has 12 heavy (non-hydrogen) atoms. The molecule has 0 amide bonds. The minimum atomic E-state index is -0.894. The van der Waals surface area contributed by atoms with Crippen molar-refractivity contribution in [3.8, 4) is 0 Å². The molecule has 1 aliphatic rings. The molecule has 68 valence electrons. The molecule has 0 aromatic carbocycles. The average Bonchev–Trinajstić information content (AvgIpc) is 2.28. The molecule has 0 radical (unpaired) electrons. The van der Waals surface area contributed by atoms with E-state index in [9.17, 15) is 4.79 Å². The fraction of sp³-hybridized carbons (Fsp3) is 0.571. The summed E-state index contributed by atoms with van der Waals surface area (Å²) in [7, 11) is 1.70. The molecular formula is C7H12N2O2S. The quantitative estimate of drug-likeness (QED) is 0.664. The van der Waals surface area contributed by atoms with E-state index in [1.54, 1.807) is 11.9 Å². The summed E-state index contributed by atoms with van der Waals surface area (Å²) in [5.41, 5.74) is 5.75. The number of likely N-dealkylation sites (N-methyl/N-ethyl adjacent to an activating group) is 1. The number of hydrogen-bond acceptors (Lipinski definition) is 4. The molecule has 1 rings (SSSR count). The van der Waals surface area contributed by atoms with Crippen LogP contribution in [0.25, 0.3) is 0 Å². The van der Waals surface area contributed by atoms with Crippen molar-refractivity contribution in [2.45, 2.75) is 18.8 Å². The monoisotopic (exact) mass is 188 g/mol. The van der Waals surface area contributed by atoms with Crippen molar-refractivity contribution in [3.05, 3.63) is 10.6 Å². The third-order valence-corrected chi connectivity index (χ3v) is 3.11. The summed E-state index contributed by atoms with van der Waals surface area (Å²) < 4.78 is 0. The van der Waals surface area contributed by atoms with E-state index in [1.165, 1.54) is 11.8 Å². The van der Waals surface area contributed by atoms with E-state index in [4.69, 9.17) is 10.8 Å². The fourth-order valence-corrected chi connectivity index (χ4v) is 2.19. The molecule has 1 unspecified atom stereocenters. The minimum Gasteiger partial charge on any atom is -0.477 e. The highest BCUT2D eigenvalue weighted by molar-refractivity contribution is 8.03. The van der Waals surface area contributed by atoms with E-state index in [2.05, 4.69) is 0 Å². The average molecular weight is 188 g/mol. The van der Waals surface area contributed by atoms with Gasteiger partial charge < -0.3 is 15.7 Å². The Morgan fingerprint density at radius 2 is 2.42 bits per heavy atom. The van der Waals surface area contributed by atoms with Gasteiger partial charge in [0.05, 0.1) is 0 Å². The first kappa shape index (κ1) is 9.41. The zero-order valence-corrected chi connectivity index (χ0v) is 7.89. The van der Waals surface area contributed by atoms with Gasteiger partial charge in [0, 0.05) is 12.0 Å². The molecule has 1 atom stereocenters. The van der Waals surface area contributed by atoms with Crippen molar-refractivity contribution in [1.82, 2.24) is 4.90 Å². The van der Waals surface area contributed by atoms with E-state index in [0.29, 0.717) is 5.70 Å². The first-order chi connectivity index (χ1) is 5.57. The largest absolute Gasteiger partial charge is 0.477 e. The van der Waals surface area contributed by atoms with E-state index in [-0.39, 0.29) is 5.50 Å². The second-order valence-corrected chi connectivity index (χ2v) is 3.76. The summed E-state index contributed by atoms with van der Waals surface area (Å²) in [6, 6.07) is 0. The molecule has 0 bridgehead atoms. The van der Waals surface area contributed by atoms with Crippen LogP contribution in [0.15, 0.2) is 10.6 Å². The number of nitrogens with two attached hydrogens (primary N) is 1. The summed E-state index contributed by atoms with van der Waals surface area (Å²) >= 11 is 1.41. The highest BCUT2D eigenvalue weighted by atomic mass is 32.2. The maximum absolute atomic E-state index is 10.8. The van der Waals surface area contributed by atoms with Gasteiger partial charge in [-0.2, -0.15) is 0 Å². The van der Waals surface area contributed by atoms with Crippen molar-refractivity contribution in [2.75, 3.05) is 7.05 Å². The van der Waals surface area contributed by atoms with Gasteiger partial charge >= 0.3 is 5.97 Å². The standard InChI is InChI=1S/C7H12N2O2S/c1-3-4-5(6(10)11)9(2)7(8)12-4/h7H,3,8H2,1-2H3,(H,10,11). The van der Waals surface area contributed by atoms with Crippen LogP contribution in [0, 0.1) is 0 Å². The maximum atomic E-state index is 10.8. The molecule has 0 saturated carbocycles. The van der Waals surface area contributed by atoms with Crippen LogP contribution in [0.2, 0.25) is 0 Å². The normalized spacial score (nSPS) is 23.6. The topological polar surface area (TPSA) is 66.6 Å². The number of aliphatic carboxylic acids is 1. The summed E-state index contributed by atoms with van der Waals surface area (Å²) in [5.74, 6) is -0.894. The summed E-state index contributed by atoms with van der Waals surface area (Å²) in [6.07, 6.45) is 0.727. The molecule has 0 aliphatic carbocycles. The molecule has 0 aromatic heterocycles. The van der Waals surface area contributed by atoms with Crippen LogP contribution in [0.5, 0.6) is 0 Å². The van der Waals surface area contributed by atoms with Gasteiger partial charge in [-0.05, 0) is 6.42 Å². The molecule has 0 saturated heterocycles. The van der Waals surface area contributed by atoms with Gasteiger partial charge in [0.25, 0.3) is 0 Å². The van der Waals surface area contributed by atoms with E-state index in [1.807, 2.05) is 6.92 Å². The van der Waals surface area contributed by atoms with Crippen LogP contribution in [-0.2, 0) is 4.79 Å². The first-order valence-electron chi connectivity index (χ1n) is 3.69. The van der Waals surface area contributed by atoms with Crippen LogP contribution < -0.4 is 5.73 Å². The summed E-state index contributed by atoms with van der Waals surface area (Å²) in [6.45, 7) is 1.93. The predicted octanol–water partition coefficient (Wildman–Crippen LogP) is 0.613. The second-order valence-electron chi connectivity index (χ2n) is 2.55. The number of carboxylic acid groups (broad SMARTS) is 1. The minimum absolute atomic E-state index is 0.244. The first-order valence-corrected chi connectivity index (χ1v) is 4.57. The molecule has 3 N–H and O–H groups in total. The summed E-state index contributed by atoms with van der Waals surface area (Å²) in [4.78, 5) is 13.2. The Bertz CT molecular complexity index is 240. The Kier molecular flexibility index (Phi) is 2.64. The van der Waals surface area contributed by atoms with Gasteiger partial charge in [-0.25, -0.2) is 4.79 Å². The second kappa shape index (κ2) is 3.37. The Morgan fingerprint density at radius 3 is 2.75 bits per heavy atom. The third kappa shape index (κ3) is 1.42. The highest BCUT2D eigenvalue weighted by Gasteiger charge is 2.30. The predicted molar refractivity (Wildman–Crippen MR) is 48.3 cm³/mol. The number of allylic oxidation sites excluding steroid dienone is 1. The zero-order valence-electron chi connectivity index (χ0n) is 7.07. The Morgan fingerprint density at radius 1 is 1.83 bits per heavy atom. The maximum Gasteiger partial charge on any atom is 0.353 e. The lowest BCUT2D eigenvalue weighted by Crippen LogP contribution is -2.33. The van der Waals surface area contributed by atoms with Crippen molar-refractivity contribution < 1.29 is 9.90 Å². The van der Waals surface area contributed by atoms with E-state index in [0.717, 1.165) is 11.3 Å². The van der Waals surface area contributed by atoms with Crippen LogP contribution in [0.4, 0.5) is 0 Å². The Balaban J connectivity index is 2.95. The Labute approximate surface area is 75.4 Å². The van der Waals surface area contributed by atoms with Crippen LogP contribution >= 0.6 is 11.8 Å². The number of thioether (sulfide) groups is 1. The number of carbonyl (C=O) groups is 1. The summed E-state index contributed by atoms with van der Waals surface area (Å²) in [5, 5.41) is 8.83. The molecule has 0 fully saturated rings. The van der Waals surface area contributed by atoms with Gasteiger partial charge in [0.2, 0.25) is 0 Å². The molecule has 0 aromatic rings. The molecule has 5 heteroatoms. The SMILES string of the molecule is CCC1=C(C(=O)O)N(C)C(N)S1. The van der Waals surface area contributed by atoms with Crippen LogP contribution in [0.1, 0.15) is 13.3 Å². The third-order valence-electron chi connectivity index (χ3n) is 1.79. The van der Waals surface area contributed by atoms with Crippen LogP contribution in [0.3, 0.4) is 0 Å².